The Morgan fingerprint density at radius 2 is 1.82 bits per heavy atom. The van der Waals surface area contributed by atoms with Crippen molar-refractivity contribution in [2.75, 3.05) is 33.3 Å². The average molecular weight is 311 g/mol. The molecule has 0 aromatic carbocycles. The van der Waals surface area contributed by atoms with Crippen LogP contribution in [0.25, 0.3) is 0 Å². The van der Waals surface area contributed by atoms with Crippen molar-refractivity contribution in [3.8, 4) is 0 Å². The van der Waals surface area contributed by atoms with E-state index in [2.05, 4.69) is 22.9 Å². The lowest BCUT2D eigenvalue weighted by molar-refractivity contribution is -0.482. The smallest absolute Gasteiger partial charge is 0.234 e. The van der Waals surface area contributed by atoms with E-state index in [4.69, 9.17) is 4.74 Å². The summed E-state index contributed by atoms with van der Waals surface area (Å²) in [6.07, 6.45) is 6.31. The summed E-state index contributed by atoms with van der Waals surface area (Å²) < 4.78 is 8.32. The lowest BCUT2D eigenvalue weighted by Gasteiger charge is -2.49. The van der Waals surface area contributed by atoms with Crippen molar-refractivity contribution in [2.24, 2.45) is 0 Å². The fourth-order valence-electron chi connectivity index (χ4n) is 3.81. The number of hydrogen-bond acceptors (Lipinski definition) is 3. The maximum atomic E-state index is 12.3. The van der Waals surface area contributed by atoms with Crippen LogP contribution in [0.5, 0.6) is 0 Å². The molecule has 1 saturated heterocycles. The summed E-state index contributed by atoms with van der Waals surface area (Å²) in [5.74, 6) is 0. The van der Waals surface area contributed by atoms with Gasteiger partial charge in [-0.1, -0.05) is 0 Å². The standard InChI is InChI=1S/C17H33N3O2/c1-16(2)12-15(13-17(3,4)20(16)21)22-11-7-6-8-19-10-9-18(5)14-19/h14-15H,6-13H2,1-5H3/q+1. The van der Waals surface area contributed by atoms with Crippen molar-refractivity contribution >= 4 is 6.34 Å². The van der Waals surface area contributed by atoms with Gasteiger partial charge in [0, 0.05) is 17.7 Å². The predicted molar refractivity (Wildman–Crippen MR) is 87.6 cm³/mol. The first-order chi connectivity index (χ1) is 10.2. The van der Waals surface area contributed by atoms with Crippen molar-refractivity contribution < 1.29 is 14.5 Å². The van der Waals surface area contributed by atoms with Gasteiger partial charge < -0.3 is 4.74 Å². The van der Waals surface area contributed by atoms with Crippen LogP contribution in [0.1, 0.15) is 53.4 Å². The fourth-order valence-corrected chi connectivity index (χ4v) is 3.81. The van der Waals surface area contributed by atoms with Crippen molar-refractivity contribution in [2.45, 2.75) is 70.6 Å². The average Bonchev–Trinajstić information content (AvgIpc) is 2.81. The van der Waals surface area contributed by atoms with Gasteiger partial charge in [-0.05, 0) is 53.4 Å². The first-order valence-corrected chi connectivity index (χ1v) is 8.59. The number of hydrogen-bond donors (Lipinski definition) is 0. The zero-order chi connectivity index (χ0) is 16.4. The van der Waals surface area contributed by atoms with Gasteiger partial charge in [0.15, 0.2) is 0 Å². The van der Waals surface area contributed by atoms with Crippen LogP contribution in [0.3, 0.4) is 0 Å². The van der Waals surface area contributed by atoms with E-state index in [1.165, 1.54) is 5.06 Å². The molecule has 0 spiro atoms. The summed E-state index contributed by atoms with van der Waals surface area (Å²) in [6.45, 7) is 12.3. The largest absolute Gasteiger partial charge is 0.378 e. The molecule has 1 radical (unpaired) electrons. The van der Waals surface area contributed by atoms with Gasteiger partial charge in [0.25, 0.3) is 0 Å². The molecule has 0 unspecified atom stereocenters. The zero-order valence-electron chi connectivity index (χ0n) is 15.0. The Balaban J connectivity index is 1.67. The lowest BCUT2D eigenvalue weighted by atomic mass is 9.80. The third-order valence-electron chi connectivity index (χ3n) is 4.85. The Hall–Kier alpha value is -0.650. The van der Waals surface area contributed by atoms with Crippen LogP contribution in [-0.2, 0) is 9.94 Å². The maximum absolute atomic E-state index is 12.3. The zero-order valence-corrected chi connectivity index (χ0v) is 15.0. The SMILES string of the molecule is C[N+]1=CN(CCCCOC2CC(C)(C)N([O])C(C)(C)C2)CC1. The van der Waals surface area contributed by atoms with Gasteiger partial charge in [0.2, 0.25) is 6.34 Å². The van der Waals surface area contributed by atoms with Crippen molar-refractivity contribution in [3.63, 3.8) is 0 Å². The number of piperidine rings is 1. The lowest BCUT2D eigenvalue weighted by Crippen LogP contribution is -2.59. The monoisotopic (exact) mass is 311 g/mol. The highest BCUT2D eigenvalue weighted by Gasteiger charge is 2.46. The highest BCUT2D eigenvalue weighted by atomic mass is 16.5. The second-order valence-electron chi connectivity index (χ2n) is 8.16. The molecule has 0 N–H and O–H groups in total. The Kier molecular flexibility index (Phi) is 5.51. The van der Waals surface area contributed by atoms with E-state index in [1.54, 1.807) is 0 Å². The first-order valence-electron chi connectivity index (χ1n) is 8.59. The van der Waals surface area contributed by atoms with E-state index < -0.39 is 0 Å². The molecule has 0 amide bonds. The number of likely N-dealkylation sites (N-methyl/N-ethyl adjacent to an activating group) is 1. The van der Waals surface area contributed by atoms with Crippen LogP contribution in [0, 0.1) is 0 Å². The topological polar surface area (TPSA) is 38.6 Å². The fraction of sp³-hybridized carbons (Fsp3) is 0.941. The molecule has 0 aliphatic carbocycles. The molecule has 0 aromatic heterocycles. The summed E-state index contributed by atoms with van der Waals surface area (Å²) in [4.78, 5) is 2.38. The Bertz CT molecular complexity index is 389. The highest BCUT2D eigenvalue weighted by molar-refractivity contribution is 5.50. The van der Waals surface area contributed by atoms with Gasteiger partial charge >= 0.3 is 0 Å². The van der Waals surface area contributed by atoms with Crippen LogP contribution >= 0.6 is 0 Å². The van der Waals surface area contributed by atoms with Gasteiger partial charge in [0.1, 0.15) is 13.1 Å². The minimum absolute atomic E-state index is 0.208. The van der Waals surface area contributed by atoms with Gasteiger partial charge in [-0.25, -0.2) is 0 Å². The maximum Gasteiger partial charge on any atom is 0.234 e. The predicted octanol–water partition coefficient (Wildman–Crippen LogP) is 2.14. The number of ether oxygens (including phenoxy) is 1. The number of unbranched alkanes of at least 4 members (excludes halogenated alkanes) is 1. The van der Waals surface area contributed by atoms with Gasteiger partial charge in [-0.3, -0.25) is 9.48 Å². The minimum Gasteiger partial charge on any atom is -0.378 e. The summed E-state index contributed by atoms with van der Waals surface area (Å²) in [7, 11) is 2.12. The Morgan fingerprint density at radius 1 is 1.18 bits per heavy atom. The molecular weight excluding hydrogens is 278 g/mol. The van der Waals surface area contributed by atoms with E-state index in [-0.39, 0.29) is 17.2 Å². The molecule has 2 rings (SSSR count). The van der Waals surface area contributed by atoms with Gasteiger partial charge in [0.05, 0.1) is 19.7 Å². The summed E-state index contributed by atoms with van der Waals surface area (Å²) in [6, 6.07) is 0. The summed E-state index contributed by atoms with van der Waals surface area (Å²) >= 11 is 0. The van der Waals surface area contributed by atoms with E-state index in [0.29, 0.717) is 0 Å². The van der Waals surface area contributed by atoms with E-state index in [0.717, 1.165) is 51.9 Å². The number of rotatable bonds is 6. The molecule has 127 valence electrons. The van der Waals surface area contributed by atoms with Gasteiger partial charge in [-0.2, -0.15) is 0 Å². The molecule has 5 heteroatoms. The van der Waals surface area contributed by atoms with E-state index in [1.807, 2.05) is 27.7 Å². The molecule has 5 nitrogen and oxygen atoms in total. The molecule has 0 aromatic rings. The van der Waals surface area contributed by atoms with Crippen LogP contribution in [0.4, 0.5) is 0 Å². The van der Waals surface area contributed by atoms with E-state index in [9.17, 15) is 5.21 Å². The summed E-state index contributed by atoms with van der Waals surface area (Å²) in [5, 5.41) is 13.6. The second-order valence-corrected chi connectivity index (χ2v) is 8.16. The molecule has 2 aliphatic rings. The van der Waals surface area contributed by atoms with Gasteiger partial charge in [-0.15, -0.1) is 10.3 Å². The summed E-state index contributed by atoms with van der Waals surface area (Å²) in [5.41, 5.74) is -0.664. The molecule has 0 bridgehead atoms. The molecule has 0 saturated carbocycles. The van der Waals surface area contributed by atoms with Crippen LogP contribution in [0.2, 0.25) is 0 Å². The molecule has 2 heterocycles. The highest BCUT2D eigenvalue weighted by Crippen LogP contribution is 2.38. The Morgan fingerprint density at radius 3 is 2.36 bits per heavy atom. The number of nitrogens with zero attached hydrogens (tertiary/aromatic N) is 3. The normalized spacial score (nSPS) is 25.5. The molecule has 0 atom stereocenters. The van der Waals surface area contributed by atoms with Crippen molar-refractivity contribution in [1.82, 2.24) is 9.96 Å². The third-order valence-corrected chi connectivity index (χ3v) is 4.85. The quantitative estimate of drug-likeness (QED) is 0.557. The second kappa shape index (κ2) is 6.85. The van der Waals surface area contributed by atoms with Crippen molar-refractivity contribution in [1.29, 1.82) is 0 Å². The van der Waals surface area contributed by atoms with Crippen LogP contribution in [0.15, 0.2) is 0 Å². The first kappa shape index (κ1) is 17.7. The number of hydroxylamine groups is 2. The van der Waals surface area contributed by atoms with Crippen LogP contribution in [-0.4, -0.2) is 71.3 Å². The molecule has 2 aliphatic heterocycles. The van der Waals surface area contributed by atoms with Crippen LogP contribution < -0.4 is 0 Å². The molecule has 22 heavy (non-hydrogen) atoms. The molecule has 1 fully saturated rings. The third kappa shape index (κ3) is 4.43. The molecular formula is C17H33N3O2+. The van der Waals surface area contributed by atoms with Crippen molar-refractivity contribution in [3.05, 3.63) is 0 Å². The Labute approximate surface area is 135 Å². The van der Waals surface area contributed by atoms with E-state index >= 15 is 0 Å². The minimum atomic E-state index is -0.332.